The number of ether oxygens (including phenoxy) is 1. The van der Waals surface area contributed by atoms with Crippen molar-refractivity contribution in [1.82, 2.24) is 4.98 Å². The van der Waals surface area contributed by atoms with Crippen LogP contribution in [-0.4, -0.2) is 35.2 Å². The molecule has 4 rings (SSSR count). The highest BCUT2D eigenvalue weighted by molar-refractivity contribution is 5.99. The summed E-state index contributed by atoms with van der Waals surface area (Å²) in [6.07, 6.45) is 7.66. The zero-order valence-corrected chi connectivity index (χ0v) is 21.2. The quantitative estimate of drug-likeness (QED) is 0.422. The van der Waals surface area contributed by atoms with Crippen LogP contribution in [0.15, 0.2) is 54.6 Å². The lowest BCUT2D eigenvalue weighted by Crippen LogP contribution is -2.44. The van der Waals surface area contributed by atoms with Crippen molar-refractivity contribution >= 4 is 11.6 Å². The van der Waals surface area contributed by atoms with Crippen molar-refractivity contribution in [2.45, 2.75) is 51.0 Å². The van der Waals surface area contributed by atoms with Crippen LogP contribution < -0.4 is 15.4 Å². The van der Waals surface area contributed by atoms with Crippen LogP contribution in [-0.2, 0) is 23.1 Å². The summed E-state index contributed by atoms with van der Waals surface area (Å²) in [4.78, 5) is 19.6. The standard InChI is InChI=1S/C30H32FN3O3/c1-4-16-37-24-14-10-20(11-15-24)6-5-7-25(32)29(36)34-19-30(2,3)27-26(34)18-22(28(35)33-27)17-21-8-12-23(31)13-9-21/h1,8-15,18,25H,5-7,16-17,19,32H2,2-3H3,(H,33,35)/t25-/m0/s1. The summed E-state index contributed by atoms with van der Waals surface area (Å²) in [5, 5.41) is 10.6. The molecule has 1 aromatic heterocycles. The number of aryl methyl sites for hydroxylation is 1. The van der Waals surface area contributed by atoms with Crippen LogP contribution in [0.2, 0.25) is 0 Å². The Morgan fingerprint density at radius 1 is 1.22 bits per heavy atom. The number of halogens is 1. The lowest BCUT2D eigenvalue weighted by Gasteiger charge is -2.23. The highest BCUT2D eigenvalue weighted by atomic mass is 19.1. The maximum absolute atomic E-state index is 13.4. The SMILES string of the molecule is C#CCOc1ccc(CCC[C@H](N)C(=O)N2CC(C)(C)c3nc(O)c(Cc4ccc(F)cc4)cc32)cc1. The second-order valence-electron chi connectivity index (χ2n) is 10.1. The maximum Gasteiger partial charge on any atom is 0.243 e. The molecule has 0 saturated heterocycles. The number of nitrogens with zero attached hydrogens (tertiary/aromatic N) is 2. The van der Waals surface area contributed by atoms with Crippen molar-refractivity contribution in [3.8, 4) is 24.0 Å². The Bertz CT molecular complexity index is 1300. The van der Waals surface area contributed by atoms with E-state index in [9.17, 15) is 14.3 Å². The Balaban J connectivity index is 1.43. The summed E-state index contributed by atoms with van der Waals surface area (Å²) in [5.74, 6) is 2.60. The predicted octanol–water partition coefficient (Wildman–Crippen LogP) is 4.50. The van der Waals surface area contributed by atoms with E-state index in [0.717, 1.165) is 29.7 Å². The topological polar surface area (TPSA) is 88.7 Å². The Labute approximate surface area is 217 Å². The van der Waals surface area contributed by atoms with Gasteiger partial charge in [-0.1, -0.05) is 44.0 Å². The number of pyridine rings is 1. The van der Waals surface area contributed by atoms with Gasteiger partial charge in [-0.3, -0.25) is 4.79 Å². The summed E-state index contributed by atoms with van der Waals surface area (Å²) in [7, 11) is 0. The van der Waals surface area contributed by atoms with Gasteiger partial charge in [0.15, 0.2) is 0 Å². The first kappa shape index (κ1) is 26.2. The largest absolute Gasteiger partial charge is 0.493 e. The van der Waals surface area contributed by atoms with Crippen LogP contribution in [0, 0.1) is 18.2 Å². The molecule has 1 aliphatic heterocycles. The van der Waals surface area contributed by atoms with Crippen LogP contribution in [0.4, 0.5) is 10.1 Å². The average molecular weight is 502 g/mol. The molecule has 1 amide bonds. The number of anilines is 1. The Hall–Kier alpha value is -3.89. The Morgan fingerprint density at radius 3 is 2.57 bits per heavy atom. The van der Waals surface area contributed by atoms with Crippen LogP contribution in [0.25, 0.3) is 0 Å². The van der Waals surface area contributed by atoms with Gasteiger partial charge in [-0.15, -0.1) is 6.42 Å². The van der Waals surface area contributed by atoms with E-state index in [1.807, 2.05) is 44.2 Å². The van der Waals surface area contributed by atoms with Crippen molar-refractivity contribution in [2.24, 2.45) is 5.73 Å². The number of carbonyl (C=O) groups is 1. The molecule has 7 heteroatoms. The van der Waals surface area contributed by atoms with Gasteiger partial charge in [-0.05, 0) is 60.7 Å². The van der Waals surface area contributed by atoms with E-state index in [4.69, 9.17) is 16.9 Å². The van der Waals surface area contributed by atoms with Crippen LogP contribution in [0.1, 0.15) is 49.1 Å². The van der Waals surface area contributed by atoms with E-state index < -0.39 is 11.5 Å². The summed E-state index contributed by atoms with van der Waals surface area (Å²) in [6, 6.07) is 15.0. The first-order valence-electron chi connectivity index (χ1n) is 12.4. The molecule has 0 spiro atoms. The van der Waals surface area contributed by atoms with Crippen molar-refractivity contribution in [3.05, 3.63) is 82.8 Å². The van der Waals surface area contributed by atoms with E-state index in [0.29, 0.717) is 36.3 Å². The number of hydrogen-bond donors (Lipinski definition) is 2. The molecule has 0 unspecified atom stereocenters. The minimum Gasteiger partial charge on any atom is -0.493 e. The zero-order valence-electron chi connectivity index (χ0n) is 21.2. The lowest BCUT2D eigenvalue weighted by molar-refractivity contribution is -0.120. The van der Waals surface area contributed by atoms with Gasteiger partial charge in [0.2, 0.25) is 11.8 Å². The number of fused-ring (bicyclic) bond motifs is 1. The van der Waals surface area contributed by atoms with E-state index in [-0.39, 0.29) is 24.2 Å². The van der Waals surface area contributed by atoms with Crippen molar-refractivity contribution in [2.75, 3.05) is 18.1 Å². The molecule has 0 fully saturated rings. The highest BCUT2D eigenvalue weighted by Crippen LogP contribution is 2.42. The van der Waals surface area contributed by atoms with Crippen molar-refractivity contribution < 1.29 is 19.0 Å². The van der Waals surface area contributed by atoms with E-state index in [1.54, 1.807) is 17.0 Å². The molecule has 1 aliphatic rings. The summed E-state index contributed by atoms with van der Waals surface area (Å²) >= 11 is 0. The fraction of sp³-hybridized carbons (Fsp3) is 0.333. The van der Waals surface area contributed by atoms with Gasteiger partial charge in [0.05, 0.1) is 17.4 Å². The smallest absolute Gasteiger partial charge is 0.243 e. The number of aromatic hydroxyl groups is 1. The number of carbonyl (C=O) groups excluding carboxylic acids is 1. The van der Waals surface area contributed by atoms with Crippen molar-refractivity contribution in [1.29, 1.82) is 0 Å². The molecule has 0 radical (unpaired) electrons. The molecule has 6 nitrogen and oxygen atoms in total. The van der Waals surface area contributed by atoms with E-state index in [1.165, 1.54) is 12.1 Å². The molecule has 2 aromatic carbocycles. The first-order chi connectivity index (χ1) is 17.7. The highest BCUT2D eigenvalue weighted by Gasteiger charge is 2.41. The molecule has 2 heterocycles. The summed E-state index contributed by atoms with van der Waals surface area (Å²) < 4.78 is 18.7. The monoisotopic (exact) mass is 501 g/mol. The molecule has 3 N–H and O–H groups in total. The van der Waals surface area contributed by atoms with Crippen molar-refractivity contribution in [3.63, 3.8) is 0 Å². The van der Waals surface area contributed by atoms with Gasteiger partial charge in [0.25, 0.3) is 0 Å². The molecule has 3 aromatic rings. The molecule has 1 atom stereocenters. The number of rotatable bonds is 9. The third-order valence-corrected chi connectivity index (χ3v) is 6.66. The number of nitrogens with two attached hydrogens (primary N) is 1. The number of benzene rings is 2. The first-order valence-corrected chi connectivity index (χ1v) is 12.4. The fourth-order valence-corrected chi connectivity index (χ4v) is 4.67. The molecular weight excluding hydrogens is 469 g/mol. The predicted molar refractivity (Wildman–Crippen MR) is 142 cm³/mol. The Kier molecular flexibility index (Phi) is 7.80. The van der Waals surface area contributed by atoms with E-state index >= 15 is 0 Å². The minimum absolute atomic E-state index is 0.0783. The zero-order chi connectivity index (χ0) is 26.6. The second kappa shape index (κ2) is 11.0. The maximum atomic E-state index is 13.4. The lowest BCUT2D eigenvalue weighted by atomic mass is 9.91. The summed E-state index contributed by atoms with van der Waals surface area (Å²) in [5.41, 5.74) is 9.80. The number of aromatic nitrogens is 1. The van der Waals surface area contributed by atoms with Crippen LogP contribution >= 0.6 is 0 Å². The van der Waals surface area contributed by atoms with Crippen LogP contribution in [0.5, 0.6) is 11.6 Å². The molecule has 0 bridgehead atoms. The molecule has 192 valence electrons. The third kappa shape index (κ3) is 6.10. The number of hydrogen-bond acceptors (Lipinski definition) is 5. The molecule has 37 heavy (non-hydrogen) atoms. The normalized spacial score (nSPS) is 14.6. The van der Waals surface area contributed by atoms with Gasteiger partial charge in [0.1, 0.15) is 18.2 Å². The Morgan fingerprint density at radius 2 is 1.89 bits per heavy atom. The van der Waals surface area contributed by atoms with Gasteiger partial charge in [0, 0.05) is 23.9 Å². The molecule has 0 saturated carbocycles. The van der Waals surface area contributed by atoms with Gasteiger partial charge in [-0.2, -0.15) is 0 Å². The minimum atomic E-state index is -0.658. The third-order valence-electron chi connectivity index (χ3n) is 6.66. The molecular formula is C30H32FN3O3. The van der Waals surface area contributed by atoms with Crippen LogP contribution in [0.3, 0.4) is 0 Å². The number of amides is 1. The number of terminal acetylenes is 1. The van der Waals surface area contributed by atoms with Gasteiger partial charge in [-0.25, -0.2) is 9.37 Å². The van der Waals surface area contributed by atoms with Gasteiger partial charge < -0.3 is 20.5 Å². The average Bonchev–Trinajstić information content (AvgIpc) is 3.14. The second-order valence-corrected chi connectivity index (χ2v) is 10.1. The van der Waals surface area contributed by atoms with Gasteiger partial charge >= 0.3 is 0 Å². The molecule has 0 aliphatic carbocycles. The fourth-order valence-electron chi connectivity index (χ4n) is 4.67. The van der Waals surface area contributed by atoms with E-state index in [2.05, 4.69) is 10.9 Å². The summed E-state index contributed by atoms with van der Waals surface area (Å²) in [6.45, 7) is 4.65.